The van der Waals surface area contributed by atoms with Gasteiger partial charge in [0.05, 0.1) is 14.2 Å². The second kappa shape index (κ2) is 12.1. The standard InChI is InChI=1S/C32H35O2P2/c1-23(2)25-19-21-27(22-20-25)36(26-13-8-7-9-14-26)35(24(3)4)31-18-12-17-30(34-6)32(31)28-15-10-11-16-29(28)33-5/h7-14,16-24H,1-6H3/t35?,36-/m1/s1. The first-order chi connectivity index (χ1) is 17.5. The minimum absolute atomic E-state index is 0.455. The molecule has 0 aliphatic carbocycles. The fourth-order valence-corrected chi connectivity index (χ4v) is 12.9. The third-order valence-electron chi connectivity index (χ3n) is 6.27. The van der Waals surface area contributed by atoms with Gasteiger partial charge in [0.25, 0.3) is 0 Å². The van der Waals surface area contributed by atoms with E-state index in [1.165, 1.54) is 21.5 Å². The molecule has 0 aromatic heterocycles. The molecule has 0 spiro atoms. The summed E-state index contributed by atoms with van der Waals surface area (Å²) in [5.41, 5.74) is 3.89. The monoisotopic (exact) mass is 513 g/mol. The molecular weight excluding hydrogens is 478 g/mol. The summed E-state index contributed by atoms with van der Waals surface area (Å²) in [4.78, 5) is 0. The van der Waals surface area contributed by atoms with Crippen molar-refractivity contribution in [2.24, 2.45) is 0 Å². The van der Waals surface area contributed by atoms with Crippen LogP contribution in [-0.4, -0.2) is 19.9 Å². The zero-order valence-electron chi connectivity index (χ0n) is 22.0. The molecule has 0 aliphatic heterocycles. The molecule has 0 saturated carbocycles. The van der Waals surface area contributed by atoms with Crippen LogP contribution < -0.4 is 25.4 Å². The molecule has 4 heteroatoms. The third kappa shape index (κ3) is 5.51. The minimum atomic E-state index is -0.645. The molecule has 36 heavy (non-hydrogen) atoms. The molecule has 0 N–H and O–H groups in total. The highest BCUT2D eigenvalue weighted by molar-refractivity contribution is 8.39. The van der Waals surface area contributed by atoms with Gasteiger partial charge in [0, 0.05) is 11.1 Å². The highest BCUT2D eigenvalue weighted by Crippen LogP contribution is 2.70. The fraction of sp³-hybridized carbons (Fsp3) is 0.250. The molecule has 4 aromatic carbocycles. The zero-order valence-corrected chi connectivity index (χ0v) is 23.8. The maximum absolute atomic E-state index is 5.95. The molecule has 2 nitrogen and oxygen atoms in total. The summed E-state index contributed by atoms with van der Waals surface area (Å²) in [7, 11) is 2.20. The van der Waals surface area contributed by atoms with E-state index in [0.29, 0.717) is 11.6 Å². The molecule has 185 valence electrons. The maximum atomic E-state index is 5.95. The van der Waals surface area contributed by atoms with E-state index in [1.54, 1.807) is 14.2 Å². The van der Waals surface area contributed by atoms with E-state index < -0.39 is 15.2 Å². The summed E-state index contributed by atoms with van der Waals surface area (Å²) >= 11 is 0. The van der Waals surface area contributed by atoms with E-state index in [9.17, 15) is 0 Å². The number of rotatable bonds is 9. The van der Waals surface area contributed by atoms with Crippen LogP contribution in [0.1, 0.15) is 39.2 Å². The van der Waals surface area contributed by atoms with Gasteiger partial charge in [-0.3, -0.25) is 0 Å². The Kier molecular flexibility index (Phi) is 8.84. The van der Waals surface area contributed by atoms with Gasteiger partial charge in [-0.1, -0.05) is 107 Å². The van der Waals surface area contributed by atoms with Gasteiger partial charge < -0.3 is 9.47 Å². The lowest BCUT2D eigenvalue weighted by atomic mass is 10.0. The van der Waals surface area contributed by atoms with Crippen LogP contribution in [0.4, 0.5) is 0 Å². The van der Waals surface area contributed by atoms with Gasteiger partial charge in [0.2, 0.25) is 0 Å². The Morgan fingerprint density at radius 1 is 0.667 bits per heavy atom. The summed E-state index contributed by atoms with van der Waals surface area (Å²) in [5, 5.41) is 4.16. The van der Waals surface area contributed by atoms with Crippen LogP contribution in [0.25, 0.3) is 11.1 Å². The first kappa shape index (κ1) is 26.4. The Morgan fingerprint density at radius 2 is 1.31 bits per heavy atom. The van der Waals surface area contributed by atoms with Crippen molar-refractivity contribution in [3.8, 4) is 22.6 Å². The number of benzene rings is 4. The van der Waals surface area contributed by atoms with Crippen molar-refractivity contribution < 1.29 is 9.47 Å². The number of methoxy groups -OCH3 is 2. The van der Waals surface area contributed by atoms with Gasteiger partial charge in [-0.2, -0.15) is 0 Å². The van der Waals surface area contributed by atoms with E-state index in [1.807, 2.05) is 18.2 Å². The molecule has 0 amide bonds. The molecule has 0 bridgehead atoms. The van der Waals surface area contributed by atoms with Crippen LogP contribution >= 0.6 is 15.2 Å². The Balaban J connectivity index is 1.98. The third-order valence-corrected chi connectivity index (χ3v) is 14.8. The highest BCUT2D eigenvalue weighted by Gasteiger charge is 2.32. The number of ether oxygens (including phenoxy) is 2. The van der Waals surface area contributed by atoms with E-state index in [0.717, 1.165) is 22.6 Å². The quantitative estimate of drug-likeness (QED) is 0.212. The second-order valence-corrected chi connectivity index (χ2v) is 15.7. The first-order valence-electron chi connectivity index (χ1n) is 12.4. The smallest absolute Gasteiger partial charge is 0.127 e. The molecule has 0 saturated heterocycles. The van der Waals surface area contributed by atoms with Crippen molar-refractivity contribution in [1.82, 2.24) is 0 Å². The Labute approximate surface area is 219 Å². The molecule has 1 radical (unpaired) electrons. The predicted octanol–water partition coefficient (Wildman–Crippen LogP) is 7.86. The normalized spacial score (nSPS) is 13.0. The van der Waals surface area contributed by atoms with Crippen molar-refractivity contribution in [1.29, 1.82) is 0 Å². The molecule has 1 unspecified atom stereocenters. The SMILES string of the molecule is COc1ccc[c]c1-c1c(OC)cccc1P(C(C)C)[P@](c1ccccc1)c1ccc(C(C)C)cc1. The van der Waals surface area contributed by atoms with E-state index in [2.05, 4.69) is 107 Å². The van der Waals surface area contributed by atoms with E-state index >= 15 is 0 Å². The molecule has 2 atom stereocenters. The maximum Gasteiger partial charge on any atom is 0.127 e. The number of hydrogen-bond acceptors (Lipinski definition) is 2. The molecule has 0 aliphatic rings. The first-order valence-corrected chi connectivity index (χ1v) is 15.9. The van der Waals surface area contributed by atoms with Gasteiger partial charge in [-0.25, -0.2) is 0 Å². The molecule has 4 aromatic rings. The second-order valence-electron chi connectivity index (χ2n) is 9.30. The van der Waals surface area contributed by atoms with Crippen molar-refractivity contribution in [2.45, 2.75) is 39.3 Å². The van der Waals surface area contributed by atoms with Gasteiger partial charge in [-0.05, 0) is 66.5 Å². The van der Waals surface area contributed by atoms with Crippen molar-refractivity contribution >= 4 is 31.1 Å². The zero-order chi connectivity index (χ0) is 25.7. The van der Waals surface area contributed by atoms with Crippen molar-refractivity contribution in [2.75, 3.05) is 14.2 Å². The van der Waals surface area contributed by atoms with Gasteiger partial charge in [0.1, 0.15) is 11.5 Å². The fourth-order valence-electron chi connectivity index (χ4n) is 4.50. The number of hydrogen-bond donors (Lipinski definition) is 0. The average molecular weight is 514 g/mol. The van der Waals surface area contributed by atoms with Gasteiger partial charge in [0.15, 0.2) is 0 Å². The summed E-state index contributed by atoms with van der Waals surface area (Å²) in [6, 6.07) is 36.3. The molecule has 0 heterocycles. The summed E-state index contributed by atoms with van der Waals surface area (Å²) in [6.07, 6.45) is 0. The summed E-state index contributed by atoms with van der Waals surface area (Å²) in [5.74, 6) is 2.19. The van der Waals surface area contributed by atoms with E-state index in [-0.39, 0.29) is 0 Å². The highest BCUT2D eigenvalue weighted by atomic mass is 32.1. The topological polar surface area (TPSA) is 18.5 Å². The van der Waals surface area contributed by atoms with Crippen LogP contribution in [0, 0.1) is 6.07 Å². The van der Waals surface area contributed by atoms with E-state index in [4.69, 9.17) is 9.47 Å². The molecule has 0 fully saturated rings. The van der Waals surface area contributed by atoms with Crippen LogP contribution in [0.5, 0.6) is 11.5 Å². The van der Waals surface area contributed by atoms with Gasteiger partial charge in [-0.15, -0.1) is 0 Å². The minimum Gasteiger partial charge on any atom is -0.496 e. The van der Waals surface area contributed by atoms with Crippen LogP contribution in [0.15, 0.2) is 91.0 Å². The van der Waals surface area contributed by atoms with Crippen molar-refractivity contribution in [3.05, 3.63) is 103 Å². The Bertz CT molecular complexity index is 1270. The lowest BCUT2D eigenvalue weighted by molar-refractivity contribution is 0.410. The molecule has 4 rings (SSSR count). The van der Waals surface area contributed by atoms with Crippen molar-refractivity contribution in [3.63, 3.8) is 0 Å². The average Bonchev–Trinajstić information content (AvgIpc) is 2.91. The predicted molar refractivity (Wildman–Crippen MR) is 159 cm³/mol. The van der Waals surface area contributed by atoms with Crippen LogP contribution in [0.2, 0.25) is 0 Å². The Hall–Kier alpha value is -2.66. The summed E-state index contributed by atoms with van der Waals surface area (Å²) in [6.45, 7) is 9.23. The summed E-state index contributed by atoms with van der Waals surface area (Å²) < 4.78 is 11.7. The van der Waals surface area contributed by atoms with Gasteiger partial charge >= 0.3 is 0 Å². The lowest BCUT2D eigenvalue weighted by Gasteiger charge is -2.34. The van der Waals surface area contributed by atoms with Crippen LogP contribution in [-0.2, 0) is 0 Å². The van der Waals surface area contributed by atoms with Crippen LogP contribution in [0.3, 0.4) is 0 Å². The Morgan fingerprint density at radius 3 is 1.92 bits per heavy atom. The lowest BCUT2D eigenvalue weighted by Crippen LogP contribution is -2.20. The largest absolute Gasteiger partial charge is 0.496 e. The molecular formula is C32H35O2P2.